The largest absolute Gasteiger partial charge is 0.412 e. The van der Waals surface area contributed by atoms with Gasteiger partial charge in [0.15, 0.2) is 12.2 Å². The van der Waals surface area contributed by atoms with E-state index in [9.17, 15) is 37.4 Å². The third-order valence-corrected chi connectivity index (χ3v) is 5.33. The molecular weight excluding hydrogens is 520 g/mol. The Morgan fingerprint density at radius 3 is 1.38 bits per heavy atom. The van der Waals surface area contributed by atoms with E-state index in [4.69, 9.17) is 31.2 Å². The van der Waals surface area contributed by atoms with Crippen molar-refractivity contribution in [1.82, 2.24) is 19.1 Å². The molecule has 0 unspecified atom stereocenters. The highest BCUT2D eigenvalue weighted by Gasteiger charge is 2.60. The number of aliphatic hydroxyl groups excluding tert-OH is 4. The molecule has 6 atom stereocenters. The van der Waals surface area contributed by atoms with Crippen LogP contribution in [-0.2, 0) is 9.47 Å². The summed E-state index contributed by atoms with van der Waals surface area (Å²) in [5, 5.41) is 36.2. The first-order valence-corrected chi connectivity index (χ1v) is 10.1. The molecule has 0 aromatic carbocycles. The van der Waals surface area contributed by atoms with E-state index < -0.39 is 73.3 Å². The zero-order chi connectivity index (χ0) is 27.0. The van der Waals surface area contributed by atoms with Gasteiger partial charge in [-0.05, 0) is 12.1 Å². The lowest BCUT2D eigenvalue weighted by Crippen LogP contribution is -2.41. The molecule has 4 heterocycles. The Labute approximate surface area is 203 Å². The first kappa shape index (κ1) is 30.0. The first-order valence-electron chi connectivity index (χ1n) is 10.1. The molecule has 2 saturated heterocycles. The summed E-state index contributed by atoms with van der Waals surface area (Å²) in [6.45, 7) is -1.57. The molecule has 19 heteroatoms. The molecule has 2 aliphatic heterocycles. The topological polar surface area (TPSA) is 253 Å². The number of anilines is 2. The lowest BCUT2D eigenvalue weighted by Gasteiger charge is -2.20. The van der Waals surface area contributed by atoms with Gasteiger partial charge in [-0.1, -0.05) is 0 Å². The van der Waals surface area contributed by atoms with Crippen molar-refractivity contribution in [2.75, 3.05) is 24.7 Å². The van der Waals surface area contributed by atoms with Gasteiger partial charge in [0.25, 0.3) is 0 Å². The van der Waals surface area contributed by atoms with Crippen LogP contribution < -0.4 is 22.8 Å². The molecule has 15 nitrogen and oxygen atoms in total. The SMILES string of the molecule is Nc1ccn([C@@H]2O[C@H](CO)[C@@H](O)C2(F)F)c(=O)n1.Nc1ccn([C@@H]2O[C@H](CO)[C@@H](O)C2(F)F)c(=O)n1.O. The molecule has 0 spiro atoms. The van der Waals surface area contributed by atoms with Gasteiger partial charge in [-0.3, -0.25) is 9.13 Å². The third kappa shape index (κ3) is 5.56. The third-order valence-electron chi connectivity index (χ3n) is 5.33. The zero-order valence-electron chi connectivity index (χ0n) is 18.6. The predicted octanol–water partition coefficient (Wildman–Crippen LogP) is -3.40. The predicted molar refractivity (Wildman–Crippen MR) is 113 cm³/mol. The van der Waals surface area contributed by atoms with Crippen LogP contribution in [0.15, 0.2) is 34.1 Å². The summed E-state index contributed by atoms with van der Waals surface area (Å²) >= 11 is 0. The van der Waals surface area contributed by atoms with Crippen LogP contribution >= 0.6 is 0 Å². The number of aromatic nitrogens is 4. The van der Waals surface area contributed by atoms with Gasteiger partial charge in [-0.2, -0.15) is 27.5 Å². The summed E-state index contributed by atoms with van der Waals surface area (Å²) in [7, 11) is 0. The highest BCUT2D eigenvalue weighted by Crippen LogP contribution is 2.42. The van der Waals surface area contributed by atoms with Crippen molar-refractivity contribution >= 4 is 11.6 Å². The van der Waals surface area contributed by atoms with Crippen molar-refractivity contribution in [3.8, 4) is 0 Å². The van der Waals surface area contributed by atoms with Crippen molar-refractivity contribution in [3.05, 3.63) is 45.5 Å². The lowest BCUT2D eigenvalue weighted by atomic mass is 10.1. The first-order chi connectivity index (χ1) is 16.7. The minimum Gasteiger partial charge on any atom is -0.412 e. The molecule has 0 bridgehead atoms. The minimum absolute atomic E-state index is 0. The standard InChI is InChI=1S/2C9H11F2N3O4.H2O/c2*10-9(11)6(16)4(3-15)18-7(9)14-2-1-5(12)13-8(14)17;/h2*1-2,4,6-7,15-16H,3H2,(H2,12,13,17);1H2/t2*4-,6-,7-;/m11./s1. The van der Waals surface area contributed by atoms with Gasteiger partial charge in [0.1, 0.15) is 23.8 Å². The number of halogens is 4. The Balaban J connectivity index is 0.000000253. The molecule has 2 aromatic heterocycles. The van der Waals surface area contributed by atoms with Crippen molar-refractivity contribution in [2.24, 2.45) is 0 Å². The minimum atomic E-state index is -3.71. The van der Waals surface area contributed by atoms with Gasteiger partial charge in [0.2, 0.25) is 12.5 Å². The summed E-state index contributed by atoms with van der Waals surface area (Å²) in [5.41, 5.74) is 8.42. The summed E-state index contributed by atoms with van der Waals surface area (Å²) in [4.78, 5) is 29.4. The number of nitrogen functional groups attached to an aromatic ring is 2. The van der Waals surface area contributed by atoms with E-state index >= 15 is 0 Å². The summed E-state index contributed by atoms with van der Waals surface area (Å²) < 4.78 is 65.4. The average molecular weight is 544 g/mol. The van der Waals surface area contributed by atoms with E-state index in [2.05, 4.69) is 9.97 Å². The highest BCUT2D eigenvalue weighted by atomic mass is 19.3. The van der Waals surface area contributed by atoms with E-state index in [1.807, 2.05) is 0 Å². The maximum Gasteiger partial charge on any atom is 0.351 e. The number of aliphatic hydroxyl groups is 4. The molecule has 2 aromatic rings. The summed E-state index contributed by atoms with van der Waals surface area (Å²) in [6, 6.07) is 2.30. The molecule has 0 amide bonds. The van der Waals surface area contributed by atoms with E-state index in [-0.39, 0.29) is 17.1 Å². The van der Waals surface area contributed by atoms with Crippen LogP contribution in [-0.4, -0.2) is 94.5 Å². The van der Waals surface area contributed by atoms with Crippen LogP contribution in [0.2, 0.25) is 0 Å². The van der Waals surface area contributed by atoms with Crippen molar-refractivity contribution in [2.45, 2.75) is 48.7 Å². The average Bonchev–Trinajstić information content (AvgIpc) is 3.17. The Morgan fingerprint density at radius 1 is 0.811 bits per heavy atom. The fourth-order valence-electron chi connectivity index (χ4n) is 3.45. The van der Waals surface area contributed by atoms with E-state index in [1.165, 1.54) is 0 Å². The maximum atomic E-state index is 13.7. The number of ether oxygens (including phenoxy) is 2. The normalized spacial score (nSPS) is 29.7. The monoisotopic (exact) mass is 544 g/mol. The summed E-state index contributed by atoms with van der Waals surface area (Å²) in [6.07, 6.45) is -9.38. The lowest BCUT2D eigenvalue weighted by molar-refractivity contribution is -0.141. The molecule has 0 radical (unpaired) electrons. The molecule has 0 saturated carbocycles. The van der Waals surface area contributed by atoms with Gasteiger partial charge < -0.3 is 46.8 Å². The second-order valence-electron chi connectivity index (χ2n) is 7.74. The van der Waals surface area contributed by atoms with Gasteiger partial charge >= 0.3 is 23.2 Å². The van der Waals surface area contributed by atoms with Crippen LogP contribution in [0.4, 0.5) is 29.2 Å². The Hall–Kier alpha value is -3.20. The Morgan fingerprint density at radius 2 is 1.14 bits per heavy atom. The summed E-state index contributed by atoms with van der Waals surface area (Å²) in [5.74, 6) is -7.65. The molecule has 37 heavy (non-hydrogen) atoms. The second kappa shape index (κ2) is 11.0. The number of hydrogen-bond acceptors (Lipinski definition) is 12. The maximum absolute atomic E-state index is 13.7. The molecular formula is C18H24F4N6O9. The highest BCUT2D eigenvalue weighted by molar-refractivity contribution is 5.24. The smallest absolute Gasteiger partial charge is 0.351 e. The van der Waals surface area contributed by atoms with Gasteiger partial charge in [0, 0.05) is 12.4 Å². The van der Waals surface area contributed by atoms with Crippen LogP contribution in [0, 0.1) is 0 Å². The Kier molecular flexibility index (Phi) is 8.96. The van der Waals surface area contributed by atoms with E-state index in [0.29, 0.717) is 9.13 Å². The van der Waals surface area contributed by atoms with Gasteiger partial charge in [-0.15, -0.1) is 0 Å². The van der Waals surface area contributed by atoms with Crippen LogP contribution in [0.5, 0.6) is 0 Å². The van der Waals surface area contributed by atoms with Crippen molar-refractivity contribution in [1.29, 1.82) is 0 Å². The molecule has 10 N–H and O–H groups in total. The van der Waals surface area contributed by atoms with Crippen LogP contribution in [0.1, 0.15) is 12.5 Å². The van der Waals surface area contributed by atoms with Crippen molar-refractivity contribution in [3.63, 3.8) is 0 Å². The van der Waals surface area contributed by atoms with Crippen LogP contribution in [0.25, 0.3) is 0 Å². The Bertz CT molecular complexity index is 1110. The molecule has 4 rings (SSSR count). The number of alkyl halides is 4. The fourth-order valence-corrected chi connectivity index (χ4v) is 3.45. The number of rotatable bonds is 4. The molecule has 208 valence electrons. The van der Waals surface area contributed by atoms with Crippen molar-refractivity contribution < 1.29 is 52.9 Å². The number of nitrogens with zero attached hydrogens (tertiary/aromatic N) is 4. The quantitative estimate of drug-likeness (QED) is 0.206. The zero-order valence-corrected chi connectivity index (χ0v) is 18.6. The van der Waals surface area contributed by atoms with E-state index in [0.717, 1.165) is 24.5 Å². The van der Waals surface area contributed by atoms with Gasteiger partial charge in [-0.25, -0.2) is 9.59 Å². The fraction of sp³-hybridized carbons (Fsp3) is 0.556. The van der Waals surface area contributed by atoms with Gasteiger partial charge in [0.05, 0.1) is 13.2 Å². The van der Waals surface area contributed by atoms with E-state index in [1.54, 1.807) is 0 Å². The number of nitrogens with two attached hydrogens (primary N) is 2. The number of hydrogen-bond donors (Lipinski definition) is 6. The molecule has 2 fully saturated rings. The molecule has 0 aliphatic carbocycles. The second-order valence-corrected chi connectivity index (χ2v) is 7.74. The molecule has 2 aliphatic rings. The van der Waals surface area contributed by atoms with Crippen LogP contribution in [0.3, 0.4) is 0 Å².